The number of anilines is 1. The molecule has 6 heteroatoms. The molecular formula is C15H13NO4S. The second-order valence-electron chi connectivity index (χ2n) is 4.70. The molecule has 0 bridgehead atoms. The monoisotopic (exact) mass is 303 g/mol. The lowest BCUT2D eigenvalue weighted by molar-refractivity contribution is 0.0690. The molecule has 5 nitrogen and oxygen atoms in total. The number of thiophene rings is 1. The summed E-state index contributed by atoms with van der Waals surface area (Å²) < 4.78 is 5.47. The predicted molar refractivity (Wildman–Crippen MR) is 79.6 cm³/mol. The molecule has 2 heterocycles. The zero-order valence-corrected chi connectivity index (χ0v) is 12.1. The molecule has 0 saturated heterocycles. The lowest BCUT2D eigenvalue weighted by atomic mass is 10.1. The first-order chi connectivity index (χ1) is 10.1. The summed E-state index contributed by atoms with van der Waals surface area (Å²) in [5.41, 5.74) is 1.51. The first kappa shape index (κ1) is 13.6. The molecule has 0 saturated carbocycles. The van der Waals surface area contributed by atoms with Crippen LogP contribution in [0.4, 0.5) is 5.69 Å². The second-order valence-corrected chi connectivity index (χ2v) is 5.61. The molecule has 1 aliphatic heterocycles. The highest BCUT2D eigenvalue weighted by Gasteiger charge is 2.29. The topological polar surface area (TPSA) is 66.8 Å². The average molecular weight is 303 g/mol. The number of carboxylic acids is 1. The molecule has 1 aliphatic rings. The van der Waals surface area contributed by atoms with Gasteiger partial charge in [0.15, 0.2) is 5.75 Å². The van der Waals surface area contributed by atoms with Crippen molar-refractivity contribution >= 4 is 28.9 Å². The van der Waals surface area contributed by atoms with E-state index >= 15 is 0 Å². The van der Waals surface area contributed by atoms with Gasteiger partial charge >= 0.3 is 5.97 Å². The third kappa shape index (κ3) is 2.27. The Morgan fingerprint density at radius 2 is 2.14 bits per heavy atom. The van der Waals surface area contributed by atoms with Crippen LogP contribution in [0.15, 0.2) is 29.6 Å². The molecule has 0 unspecified atom stereocenters. The molecule has 108 valence electrons. The Hall–Kier alpha value is -2.34. The fraction of sp³-hybridized carbons (Fsp3) is 0.200. The number of benzene rings is 1. The molecule has 0 fully saturated rings. The van der Waals surface area contributed by atoms with E-state index in [1.165, 1.54) is 17.4 Å². The van der Waals surface area contributed by atoms with E-state index in [4.69, 9.17) is 4.74 Å². The molecule has 0 atom stereocenters. The predicted octanol–water partition coefficient (Wildman–Crippen LogP) is 2.79. The van der Waals surface area contributed by atoms with Crippen LogP contribution in [0.1, 0.15) is 25.6 Å². The maximum Gasteiger partial charge on any atom is 0.339 e. The summed E-state index contributed by atoms with van der Waals surface area (Å²) in [6.45, 7) is 2.58. The summed E-state index contributed by atoms with van der Waals surface area (Å²) in [5, 5.41) is 11.1. The van der Waals surface area contributed by atoms with Crippen LogP contribution in [0.3, 0.4) is 0 Å². The number of carbonyl (C=O) groups is 2. The van der Waals surface area contributed by atoms with Gasteiger partial charge in [-0.3, -0.25) is 4.79 Å². The van der Waals surface area contributed by atoms with E-state index in [9.17, 15) is 14.7 Å². The van der Waals surface area contributed by atoms with E-state index < -0.39 is 5.97 Å². The molecule has 1 aromatic carbocycles. The Bertz CT molecular complexity index is 722. The van der Waals surface area contributed by atoms with E-state index in [0.29, 0.717) is 17.1 Å². The lowest BCUT2D eigenvalue weighted by Crippen LogP contribution is -2.38. The zero-order chi connectivity index (χ0) is 15.0. The number of fused-ring (bicyclic) bond motifs is 1. The van der Waals surface area contributed by atoms with Crippen molar-refractivity contribution in [1.29, 1.82) is 0 Å². The molecule has 0 radical (unpaired) electrons. The molecule has 21 heavy (non-hydrogen) atoms. The quantitative estimate of drug-likeness (QED) is 0.926. The van der Waals surface area contributed by atoms with Crippen molar-refractivity contribution in [2.24, 2.45) is 0 Å². The highest BCUT2D eigenvalue weighted by Crippen LogP contribution is 2.36. The van der Waals surface area contributed by atoms with Crippen LogP contribution in [0, 0.1) is 6.92 Å². The van der Waals surface area contributed by atoms with Gasteiger partial charge in [0, 0.05) is 0 Å². The smallest absolute Gasteiger partial charge is 0.339 e. The summed E-state index contributed by atoms with van der Waals surface area (Å²) >= 11 is 1.39. The number of nitrogens with zero attached hydrogens (tertiary/aromatic N) is 1. The summed E-state index contributed by atoms with van der Waals surface area (Å²) in [4.78, 5) is 26.2. The Labute approximate surface area is 125 Å². The van der Waals surface area contributed by atoms with Crippen LogP contribution < -0.4 is 9.64 Å². The number of carbonyl (C=O) groups excluding carboxylic acids is 1. The number of para-hydroxylation sites is 1. The number of hydrogen-bond donors (Lipinski definition) is 1. The van der Waals surface area contributed by atoms with Crippen LogP contribution in [-0.2, 0) is 0 Å². The van der Waals surface area contributed by atoms with Crippen molar-refractivity contribution < 1.29 is 19.4 Å². The minimum absolute atomic E-state index is 0.0768. The van der Waals surface area contributed by atoms with Crippen molar-refractivity contribution in [3.63, 3.8) is 0 Å². The number of rotatable bonds is 2. The molecule has 0 spiro atoms. The van der Waals surface area contributed by atoms with Crippen molar-refractivity contribution in [2.75, 3.05) is 18.1 Å². The average Bonchev–Trinajstić information content (AvgIpc) is 2.91. The second kappa shape index (κ2) is 5.21. The van der Waals surface area contributed by atoms with Gasteiger partial charge in [0.25, 0.3) is 5.91 Å². The van der Waals surface area contributed by atoms with Gasteiger partial charge in [-0.05, 0) is 36.1 Å². The normalized spacial score (nSPS) is 13.5. The number of aryl methyl sites for hydroxylation is 1. The van der Waals surface area contributed by atoms with Crippen molar-refractivity contribution in [1.82, 2.24) is 0 Å². The first-order valence-electron chi connectivity index (χ1n) is 6.44. The van der Waals surface area contributed by atoms with E-state index in [1.807, 2.05) is 18.4 Å². The number of amides is 1. The number of carboxylic acid groups (broad SMARTS) is 1. The van der Waals surface area contributed by atoms with Gasteiger partial charge in [-0.15, -0.1) is 11.3 Å². The highest BCUT2D eigenvalue weighted by atomic mass is 32.1. The summed E-state index contributed by atoms with van der Waals surface area (Å²) in [6, 6.07) is 6.71. The molecule has 1 amide bonds. The van der Waals surface area contributed by atoms with Gasteiger partial charge in [-0.1, -0.05) is 6.07 Å². The van der Waals surface area contributed by atoms with Crippen molar-refractivity contribution in [3.8, 4) is 5.75 Å². The summed E-state index contributed by atoms with van der Waals surface area (Å²) in [5.74, 6) is -0.915. The standard InChI is InChI=1S/C15H13NO4S/c1-9-5-8-21-13(9)14(17)16-6-7-20-12-10(15(18)19)3-2-4-11(12)16/h2-5,8H,6-7H2,1H3,(H,18,19). The van der Waals surface area contributed by atoms with E-state index in [2.05, 4.69) is 0 Å². The Morgan fingerprint density at radius 1 is 1.33 bits per heavy atom. The van der Waals surface area contributed by atoms with Gasteiger partial charge in [-0.2, -0.15) is 0 Å². The van der Waals surface area contributed by atoms with E-state index in [1.54, 1.807) is 17.0 Å². The van der Waals surface area contributed by atoms with E-state index in [-0.39, 0.29) is 23.8 Å². The Morgan fingerprint density at radius 3 is 2.81 bits per heavy atom. The SMILES string of the molecule is Cc1ccsc1C(=O)N1CCOc2c(C(=O)O)cccc21. The molecule has 1 aromatic heterocycles. The maximum atomic E-state index is 12.7. The molecule has 2 aromatic rings. The van der Waals surface area contributed by atoms with Crippen LogP contribution in [0.5, 0.6) is 5.75 Å². The minimum atomic E-state index is -1.06. The van der Waals surface area contributed by atoms with Gasteiger partial charge in [-0.25, -0.2) is 4.79 Å². The molecule has 3 rings (SSSR count). The Balaban J connectivity index is 2.05. The third-order valence-corrected chi connectivity index (χ3v) is 4.38. The third-order valence-electron chi connectivity index (χ3n) is 3.38. The fourth-order valence-electron chi connectivity index (χ4n) is 2.34. The first-order valence-corrected chi connectivity index (χ1v) is 7.32. The number of aromatic carboxylic acids is 1. The molecule has 0 aliphatic carbocycles. The van der Waals surface area contributed by atoms with Gasteiger partial charge in [0.2, 0.25) is 0 Å². The number of hydrogen-bond acceptors (Lipinski definition) is 4. The lowest BCUT2D eigenvalue weighted by Gasteiger charge is -2.30. The molecule has 1 N–H and O–H groups in total. The van der Waals surface area contributed by atoms with Gasteiger partial charge in [0.1, 0.15) is 12.2 Å². The summed E-state index contributed by atoms with van der Waals surface area (Å²) in [7, 11) is 0. The van der Waals surface area contributed by atoms with Crippen molar-refractivity contribution in [2.45, 2.75) is 6.92 Å². The molecular weight excluding hydrogens is 290 g/mol. The minimum Gasteiger partial charge on any atom is -0.489 e. The van der Waals surface area contributed by atoms with Crippen LogP contribution in [0.2, 0.25) is 0 Å². The fourth-order valence-corrected chi connectivity index (χ4v) is 3.22. The highest BCUT2D eigenvalue weighted by molar-refractivity contribution is 7.12. The van der Waals surface area contributed by atoms with Crippen LogP contribution in [-0.4, -0.2) is 30.1 Å². The number of ether oxygens (including phenoxy) is 1. The van der Waals surface area contributed by atoms with Crippen molar-refractivity contribution in [3.05, 3.63) is 45.6 Å². The maximum absolute atomic E-state index is 12.7. The van der Waals surface area contributed by atoms with E-state index in [0.717, 1.165) is 5.56 Å². The zero-order valence-electron chi connectivity index (χ0n) is 11.3. The summed E-state index contributed by atoms with van der Waals surface area (Å²) in [6.07, 6.45) is 0. The van der Waals surface area contributed by atoms with Crippen LogP contribution in [0.25, 0.3) is 0 Å². The van der Waals surface area contributed by atoms with Gasteiger partial charge < -0.3 is 14.7 Å². The van der Waals surface area contributed by atoms with Gasteiger partial charge in [0.05, 0.1) is 17.1 Å². The Kier molecular flexibility index (Phi) is 3.39. The largest absolute Gasteiger partial charge is 0.489 e. The van der Waals surface area contributed by atoms with Crippen LogP contribution >= 0.6 is 11.3 Å².